The summed E-state index contributed by atoms with van der Waals surface area (Å²) >= 11 is 0. The Balaban J connectivity index is 2.36. The second kappa shape index (κ2) is 5.94. The van der Waals surface area contributed by atoms with Gasteiger partial charge in [0.2, 0.25) is 0 Å². The van der Waals surface area contributed by atoms with Crippen molar-refractivity contribution in [1.29, 1.82) is 0 Å². The van der Waals surface area contributed by atoms with Crippen LogP contribution in [-0.4, -0.2) is 31.0 Å². The molecule has 0 saturated carbocycles. The minimum atomic E-state index is -0.106. The Bertz CT molecular complexity index is 600. The minimum Gasteiger partial charge on any atom is -0.423 e. The van der Waals surface area contributed by atoms with E-state index in [9.17, 15) is 4.79 Å². The van der Waals surface area contributed by atoms with Gasteiger partial charge >= 0.3 is 0 Å². The van der Waals surface area contributed by atoms with E-state index in [0.29, 0.717) is 22.7 Å². The number of nitrogens with zero attached hydrogens (tertiary/aromatic N) is 2. The number of rotatable bonds is 5. The summed E-state index contributed by atoms with van der Waals surface area (Å²) in [7, 11) is 3.71. The molecule has 0 aliphatic carbocycles. The molecule has 1 heterocycles. The van der Waals surface area contributed by atoms with Crippen molar-refractivity contribution < 1.29 is 9.21 Å². The van der Waals surface area contributed by atoms with Crippen molar-refractivity contribution in [3.8, 4) is 0 Å². The quantitative estimate of drug-likeness (QED) is 0.911. The van der Waals surface area contributed by atoms with Gasteiger partial charge in [0.15, 0.2) is 5.58 Å². The predicted octanol–water partition coefficient (Wildman–Crippen LogP) is 2.81. The molecule has 2 aromatic rings. The van der Waals surface area contributed by atoms with Gasteiger partial charge in [-0.25, -0.2) is 0 Å². The number of fused-ring (bicyclic) bond motifs is 1. The van der Waals surface area contributed by atoms with Gasteiger partial charge in [-0.05, 0) is 25.0 Å². The number of amides is 1. The number of carbonyl (C=O) groups excluding carboxylic acids is 1. The Morgan fingerprint density at radius 2 is 2.05 bits per heavy atom. The zero-order valence-electron chi connectivity index (χ0n) is 12.4. The maximum atomic E-state index is 12.4. The first kappa shape index (κ1) is 14.4. The molecule has 0 aliphatic heterocycles. The summed E-state index contributed by atoms with van der Waals surface area (Å²) in [6.07, 6.45) is 1.83. The SMILES string of the molecule is CCC(CC)NC(=O)c1cccc2nc(N(C)C)oc12. The molecular formula is C15H21N3O2. The van der Waals surface area contributed by atoms with Crippen LogP contribution >= 0.6 is 0 Å². The summed E-state index contributed by atoms with van der Waals surface area (Å²) in [6, 6.07) is 6.13. The summed E-state index contributed by atoms with van der Waals surface area (Å²) in [5.74, 6) is -0.106. The largest absolute Gasteiger partial charge is 0.423 e. The van der Waals surface area contributed by atoms with E-state index in [-0.39, 0.29) is 11.9 Å². The molecule has 0 atom stereocenters. The first-order chi connectivity index (χ1) is 9.56. The zero-order chi connectivity index (χ0) is 14.7. The van der Waals surface area contributed by atoms with Crippen LogP contribution in [0.4, 0.5) is 6.01 Å². The molecule has 0 unspecified atom stereocenters. The van der Waals surface area contributed by atoms with E-state index >= 15 is 0 Å². The molecule has 1 aromatic carbocycles. The number of para-hydroxylation sites is 1. The van der Waals surface area contributed by atoms with E-state index in [4.69, 9.17) is 4.42 Å². The molecule has 0 bridgehead atoms. The number of aromatic nitrogens is 1. The monoisotopic (exact) mass is 275 g/mol. The van der Waals surface area contributed by atoms with Gasteiger partial charge in [0.25, 0.3) is 11.9 Å². The van der Waals surface area contributed by atoms with Crippen LogP contribution in [-0.2, 0) is 0 Å². The number of nitrogens with one attached hydrogen (secondary N) is 1. The molecule has 0 saturated heterocycles. The van der Waals surface area contributed by atoms with Crippen LogP contribution in [0.25, 0.3) is 11.1 Å². The third kappa shape index (κ3) is 2.76. The number of oxazole rings is 1. The molecule has 0 fully saturated rings. The molecule has 5 heteroatoms. The van der Waals surface area contributed by atoms with Crippen molar-refractivity contribution in [2.45, 2.75) is 32.7 Å². The highest BCUT2D eigenvalue weighted by Crippen LogP contribution is 2.24. The van der Waals surface area contributed by atoms with Crippen molar-refractivity contribution >= 4 is 23.0 Å². The highest BCUT2D eigenvalue weighted by atomic mass is 16.4. The van der Waals surface area contributed by atoms with Crippen LogP contribution in [0, 0.1) is 0 Å². The Hall–Kier alpha value is -2.04. The molecule has 5 nitrogen and oxygen atoms in total. The van der Waals surface area contributed by atoms with Gasteiger partial charge in [-0.3, -0.25) is 4.79 Å². The van der Waals surface area contributed by atoms with Crippen molar-refractivity contribution in [2.24, 2.45) is 0 Å². The van der Waals surface area contributed by atoms with Crippen LogP contribution in [0.5, 0.6) is 0 Å². The molecule has 0 radical (unpaired) electrons. The zero-order valence-corrected chi connectivity index (χ0v) is 12.4. The van der Waals surface area contributed by atoms with E-state index in [0.717, 1.165) is 12.8 Å². The lowest BCUT2D eigenvalue weighted by Crippen LogP contribution is -2.33. The Morgan fingerprint density at radius 1 is 1.35 bits per heavy atom. The van der Waals surface area contributed by atoms with Crippen LogP contribution in [0.1, 0.15) is 37.0 Å². The molecule has 0 spiro atoms. The number of anilines is 1. The molecule has 1 amide bonds. The van der Waals surface area contributed by atoms with Crippen molar-refractivity contribution in [3.63, 3.8) is 0 Å². The minimum absolute atomic E-state index is 0.106. The first-order valence-electron chi connectivity index (χ1n) is 6.94. The molecule has 2 rings (SSSR count). The van der Waals surface area contributed by atoms with E-state index in [1.807, 2.05) is 26.2 Å². The number of hydrogen-bond acceptors (Lipinski definition) is 4. The first-order valence-corrected chi connectivity index (χ1v) is 6.94. The fraction of sp³-hybridized carbons (Fsp3) is 0.467. The van der Waals surface area contributed by atoms with E-state index < -0.39 is 0 Å². The number of hydrogen-bond donors (Lipinski definition) is 1. The maximum absolute atomic E-state index is 12.4. The maximum Gasteiger partial charge on any atom is 0.297 e. The summed E-state index contributed by atoms with van der Waals surface area (Å²) in [5, 5.41) is 3.02. The Labute approximate surface area is 119 Å². The smallest absolute Gasteiger partial charge is 0.297 e. The van der Waals surface area contributed by atoms with Gasteiger partial charge in [-0.2, -0.15) is 4.98 Å². The Kier molecular flexibility index (Phi) is 4.27. The van der Waals surface area contributed by atoms with E-state index in [1.165, 1.54) is 0 Å². The lowest BCUT2D eigenvalue weighted by atomic mass is 10.1. The van der Waals surface area contributed by atoms with Gasteiger partial charge in [0, 0.05) is 20.1 Å². The van der Waals surface area contributed by atoms with E-state index in [1.54, 1.807) is 11.0 Å². The van der Waals surface area contributed by atoms with E-state index in [2.05, 4.69) is 24.1 Å². The van der Waals surface area contributed by atoms with Gasteiger partial charge in [-0.15, -0.1) is 0 Å². The second-order valence-corrected chi connectivity index (χ2v) is 5.03. The van der Waals surface area contributed by atoms with Gasteiger partial charge in [0.05, 0.1) is 5.56 Å². The number of carbonyl (C=O) groups is 1. The average Bonchev–Trinajstić information content (AvgIpc) is 2.88. The lowest BCUT2D eigenvalue weighted by molar-refractivity contribution is 0.0935. The van der Waals surface area contributed by atoms with Gasteiger partial charge < -0.3 is 14.6 Å². The molecule has 20 heavy (non-hydrogen) atoms. The summed E-state index contributed by atoms with van der Waals surface area (Å²) < 4.78 is 5.68. The summed E-state index contributed by atoms with van der Waals surface area (Å²) in [4.78, 5) is 18.5. The number of benzene rings is 1. The fourth-order valence-corrected chi connectivity index (χ4v) is 2.06. The van der Waals surface area contributed by atoms with Crippen LogP contribution in [0.15, 0.2) is 22.6 Å². The molecule has 0 aliphatic rings. The average molecular weight is 275 g/mol. The molecule has 108 valence electrons. The third-order valence-corrected chi connectivity index (χ3v) is 3.35. The van der Waals surface area contributed by atoms with Crippen molar-refractivity contribution in [3.05, 3.63) is 23.8 Å². The van der Waals surface area contributed by atoms with Gasteiger partial charge in [-0.1, -0.05) is 19.9 Å². The topological polar surface area (TPSA) is 58.4 Å². The summed E-state index contributed by atoms with van der Waals surface area (Å²) in [5.41, 5.74) is 1.78. The van der Waals surface area contributed by atoms with Crippen molar-refractivity contribution in [2.75, 3.05) is 19.0 Å². The fourth-order valence-electron chi connectivity index (χ4n) is 2.06. The van der Waals surface area contributed by atoms with Gasteiger partial charge in [0.1, 0.15) is 5.52 Å². The van der Waals surface area contributed by atoms with Crippen LogP contribution in [0.3, 0.4) is 0 Å². The predicted molar refractivity (Wildman–Crippen MR) is 80.2 cm³/mol. The third-order valence-electron chi connectivity index (χ3n) is 3.35. The standard InChI is InChI=1S/C15H21N3O2/c1-5-10(6-2)16-14(19)11-8-7-9-12-13(11)20-15(17-12)18(3)4/h7-10H,5-6H2,1-4H3,(H,16,19). The Morgan fingerprint density at radius 3 is 2.65 bits per heavy atom. The van der Waals surface area contributed by atoms with Crippen molar-refractivity contribution in [1.82, 2.24) is 10.3 Å². The normalized spacial score (nSPS) is 11.1. The molecular weight excluding hydrogens is 254 g/mol. The van der Waals surface area contributed by atoms with Crippen LogP contribution < -0.4 is 10.2 Å². The molecule has 1 N–H and O–H groups in total. The highest BCUT2D eigenvalue weighted by Gasteiger charge is 2.17. The molecule has 1 aromatic heterocycles. The second-order valence-electron chi connectivity index (χ2n) is 5.03. The lowest BCUT2D eigenvalue weighted by Gasteiger charge is -2.14. The highest BCUT2D eigenvalue weighted by molar-refractivity contribution is 6.04. The van der Waals surface area contributed by atoms with Crippen LogP contribution in [0.2, 0.25) is 0 Å². The summed E-state index contributed by atoms with van der Waals surface area (Å²) in [6.45, 7) is 4.13.